The van der Waals surface area contributed by atoms with Gasteiger partial charge in [0.1, 0.15) is 6.04 Å². The molecule has 7 heteroatoms. The molecule has 0 radical (unpaired) electrons. The van der Waals surface area contributed by atoms with Crippen molar-refractivity contribution in [3.63, 3.8) is 0 Å². The molecule has 0 saturated carbocycles. The minimum Gasteiger partial charge on any atom is -0.366 e. The quantitative estimate of drug-likeness (QED) is 0.614. The Balaban J connectivity index is 2.70. The van der Waals surface area contributed by atoms with Crippen molar-refractivity contribution in [3.8, 4) is 0 Å². The van der Waals surface area contributed by atoms with Crippen LogP contribution in [0.4, 0.5) is 22.0 Å². The molecule has 2 unspecified atom stereocenters. The molecule has 1 heterocycles. The van der Waals surface area contributed by atoms with E-state index in [-0.39, 0.29) is 0 Å². The molecule has 0 bridgehead atoms. The zero-order valence-corrected chi connectivity index (χ0v) is 5.65. The van der Waals surface area contributed by atoms with Crippen LogP contribution in [0.5, 0.6) is 0 Å². The van der Waals surface area contributed by atoms with E-state index in [1.165, 1.54) is 0 Å². The largest absolute Gasteiger partial charge is 0.413 e. The van der Waals surface area contributed by atoms with E-state index >= 15 is 0 Å². The highest BCUT2D eigenvalue weighted by molar-refractivity contribution is 5.58. The third-order valence-electron chi connectivity index (χ3n) is 1.45. The second-order valence-corrected chi connectivity index (χ2v) is 2.29. The molecule has 2 atom stereocenters. The van der Waals surface area contributed by atoms with Crippen LogP contribution >= 0.6 is 0 Å². The van der Waals surface area contributed by atoms with E-state index in [4.69, 9.17) is 0 Å². The maximum Gasteiger partial charge on any atom is 0.413 e. The average molecular weight is 188 g/mol. The number of halogens is 5. The molecule has 0 aromatic rings. The number of rotatable bonds is 1. The van der Waals surface area contributed by atoms with Gasteiger partial charge in [-0.15, -0.1) is 0 Å². The summed E-state index contributed by atoms with van der Waals surface area (Å²) in [6, 6.07) is -4.26. The molecule has 0 saturated heterocycles. The summed E-state index contributed by atoms with van der Waals surface area (Å²) < 4.78 is 59.4. The zero-order valence-electron chi connectivity index (χ0n) is 5.65. The fourth-order valence-corrected chi connectivity index (χ4v) is 0.892. The Kier molecular flexibility index (Phi) is 2.20. The topological polar surface area (TPSA) is 24.4 Å². The van der Waals surface area contributed by atoms with Gasteiger partial charge in [-0.3, -0.25) is 4.99 Å². The standard InChI is InChI=1S/C5H5F5N2/c6-4(7)2-3(5(8,9)10)12-1-11-2/h1-4H,(H,11,12). The van der Waals surface area contributed by atoms with Crippen molar-refractivity contribution < 1.29 is 22.0 Å². The molecular formula is C5H5F5N2. The van der Waals surface area contributed by atoms with Gasteiger partial charge >= 0.3 is 6.18 Å². The van der Waals surface area contributed by atoms with Gasteiger partial charge in [0.2, 0.25) is 0 Å². The van der Waals surface area contributed by atoms with Crippen molar-refractivity contribution in [2.45, 2.75) is 24.7 Å². The number of nitrogens with one attached hydrogen (secondary N) is 1. The van der Waals surface area contributed by atoms with Gasteiger partial charge in [0, 0.05) is 0 Å². The van der Waals surface area contributed by atoms with Crippen LogP contribution in [-0.2, 0) is 0 Å². The molecule has 0 aromatic heterocycles. The first-order chi connectivity index (χ1) is 5.43. The molecule has 1 aliphatic heterocycles. The first-order valence-corrected chi connectivity index (χ1v) is 3.05. The van der Waals surface area contributed by atoms with Crippen LogP contribution in [0.1, 0.15) is 0 Å². The molecule has 12 heavy (non-hydrogen) atoms. The normalized spacial score (nSPS) is 29.5. The van der Waals surface area contributed by atoms with Crippen molar-refractivity contribution in [1.82, 2.24) is 5.32 Å². The Labute approximate surface area is 64.5 Å². The summed E-state index contributed by atoms with van der Waals surface area (Å²) in [4.78, 5) is 2.87. The molecular weight excluding hydrogens is 183 g/mol. The van der Waals surface area contributed by atoms with Crippen molar-refractivity contribution in [2.75, 3.05) is 0 Å². The van der Waals surface area contributed by atoms with Crippen molar-refractivity contribution in [2.24, 2.45) is 4.99 Å². The lowest BCUT2D eigenvalue weighted by atomic mass is 10.1. The van der Waals surface area contributed by atoms with Gasteiger partial charge in [0.25, 0.3) is 6.43 Å². The number of hydrogen-bond donors (Lipinski definition) is 1. The van der Waals surface area contributed by atoms with E-state index in [0.717, 1.165) is 0 Å². The predicted molar refractivity (Wildman–Crippen MR) is 31.3 cm³/mol. The first-order valence-electron chi connectivity index (χ1n) is 3.05. The summed E-state index contributed by atoms with van der Waals surface area (Å²) in [7, 11) is 0. The summed E-state index contributed by atoms with van der Waals surface area (Å²) in [6.07, 6.45) is -7.12. The molecule has 2 nitrogen and oxygen atoms in total. The predicted octanol–water partition coefficient (Wildman–Crippen LogP) is 1.18. The van der Waals surface area contributed by atoms with Gasteiger partial charge in [0.05, 0.1) is 6.34 Å². The van der Waals surface area contributed by atoms with Gasteiger partial charge in [0.15, 0.2) is 6.04 Å². The SMILES string of the molecule is FC(F)C1NC=NC1C(F)(F)F. The molecule has 70 valence electrons. The highest BCUT2D eigenvalue weighted by atomic mass is 19.4. The molecule has 0 aliphatic carbocycles. The van der Waals surface area contributed by atoms with Gasteiger partial charge in [-0.1, -0.05) is 0 Å². The van der Waals surface area contributed by atoms with Crippen LogP contribution in [0.3, 0.4) is 0 Å². The van der Waals surface area contributed by atoms with Crippen LogP contribution in [0.2, 0.25) is 0 Å². The molecule has 0 amide bonds. The van der Waals surface area contributed by atoms with Crippen molar-refractivity contribution in [3.05, 3.63) is 0 Å². The molecule has 0 aromatic carbocycles. The van der Waals surface area contributed by atoms with Crippen LogP contribution in [0.25, 0.3) is 0 Å². The fourth-order valence-electron chi connectivity index (χ4n) is 0.892. The number of nitrogens with zero attached hydrogens (tertiary/aromatic N) is 1. The summed E-state index contributed by atoms with van der Waals surface area (Å²) in [5.41, 5.74) is 0. The second-order valence-electron chi connectivity index (χ2n) is 2.29. The third-order valence-corrected chi connectivity index (χ3v) is 1.45. The van der Waals surface area contributed by atoms with Gasteiger partial charge in [-0.2, -0.15) is 13.2 Å². The van der Waals surface area contributed by atoms with Crippen molar-refractivity contribution in [1.29, 1.82) is 0 Å². The Hall–Kier alpha value is -0.880. The molecule has 0 spiro atoms. The van der Waals surface area contributed by atoms with E-state index in [1.807, 2.05) is 5.32 Å². The Morgan fingerprint density at radius 3 is 2.25 bits per heavy atom. The lowest BCUT2D eigenvalue weighted by molar-refractivity contribution is -0.158. The molecule has 1 N–H and O–H groups in total. The van der Waals surface area contributed by atoms with E-state index in [1.54, 1.807) is 0 Å². The monoisotopic (exact) mass is 188 g/mol. The Bertz CT molecular complexity index is 187. The summed E-state index contributed by atoms with van der Waals surface area (Å²) in [6.45, 7) is 0. The average Bonchev–Trinajstić information content (AvgIpc) is 2.30. The third kappa shape index (κ3) is 1.64. The van der Waals surface area contributed by atoms with E-state index < -0.39 is 24.7 Å². The Morgan fingerprint density at radius 1 is 1.33 bits per heavy atom. The second kappa shape index (κ2) is 2.87. The number of alkyl halides is 5. The number of hydrogen-bond acceptors (Lipinski definition) is 2. The minimum absolute atomic E-state index is 0.662. The first kappa shape index (κ1) is 9.21. The number of aliphatic imine (C=N–C) groups is 1. The lowest BCUT2D eigenvalue weighted by Gasteiger charge is -2.19. The molecule has 1 aliphatic rings. The van der Waals surface area contributed by atoms with Gasteiger partial charge in [-0.05, 0) is 0 Å². The minimum atomic E-state index is -4.71. The highest BCUT2D eigenvalue weighted by Crippen LogP contribution is 2.29. The van der Waals surface area contributed by atoms with Crippen LogP contribution < -0.4 is 5.32 Å². The maximum atomic E-state index is 11.9. The summed E-state index contributed by atoms with van der Waals surface area (Å²) >= 11 is 0. The summed E-state index contributed by atoms with van der Waals surface area (Å²) in [5, 5.41) is 1.85. The molecule has 1 rings (SSSR count). The van der Waals surface area contributed by atoms with Crippen LogP contribution in [0.15, 0.2) is 4.99 Å². The smallest absolute Gasteiger partial charge is 0.366 e. The van der Waals surface area contributed by atoms with E-state index in [2.05, 4.69) is 4.99 Å². The van der Waals surface area contributed by atoms with E-state index in [9.17, 15) is 22.0 Å². The van der Waals surface area contributed by atoms with Crippen LogP contribution in [-0.4, -0.2) is 31.0 Å². The van der Waals surface area contributed by atoms with Crippen molar-refractivity contribution >= 4 is 6.34 Å². The maximum absolute atomic E-state index is 11.9. The van der Waals surface area contributed by atoms with E-state index in [0.29, 0.717) is 6.34 Å². The van der Waals surface area contributed by atoms with Gasteiger partial charge in [-0.25, -0.2) is 8.78 Å². The van der Waals surface area contributed by atoms with Gasteiger partial charge < -0.3 is 5.32 Å². The Morgan fingerprint density at radius 2 is 1.92 bits per heavy atom. The molecule has 0 fully saturated rings. The highest BCUT2D eigenvalue weighted by Gasteiger charge is 2.49. The zero-order chi connectivity index (χ0) is 9.35. The summed E-state index contributed by atoms with van der Waals surface area (Å²) in [5.74, 6) is 0. The lowest BCUT2D eigenvalue weighted by Crippen LogP contribution is -2.45. The van der Waals surface area contributed by atoms with Crippen LogP contribution in [0, 0.1) is 0 Å². The fraction of sp³-hybridized carbons (Fsp3) is 0.800.